The minimum absolute atomic E-state index is 0.0720. The summed E-state index contributed by atoms with van der Waals surface area (Å²) in [6.45, 7) is 6.54. The predicted octanol–water partition coefficient (Wildman–Crippen LogP) is 0.833. The van der Waals surface area contributed by atoms with E-state index < -0.39 is 6.61 Å². The van der Waals surface area contributed by atoms with Crippen molar-refractivity contribution in [1.29, 1.82) is 0 Å². The predicted molar refractivity (Wildman–Crippen MR) is 60.9 cm³/mol. The van der Waals surface area contributed by atoms with Crippen LogP contribution in [0.3, 0.4) is 0 Å². The molecule has 0 saturated carbocycles. The van der Waals surface area contributed by atoms with Crippen molar-refractivity contribution in [2.45, 2.75) is 33.6 Å². The summed E-state index contributed by atoms with van der Waals surface area (Å²) in [5.74, 6) is 0.119. The number of amides is 1. The first-order chi connectivity index (χ1) is 7.36. The second kappa shape index (κ2) is 4.95. The Morgan fingerprint density at radius 2 is 1.75 bits per heavy atom. The van der Waals surface area contributed by atoms with Crippen molar-refractivity contribution < 1.29 is 14.7 Å². The number of carbonyl (C=O) groups excluding carboxylic acids is 2. The van der Waals surface area contributed by atoms with Gasteiger partial charge in [-0.3, -0.25) is 9.59 Å². The van der Waals surface area contributed by atoms with E-state index in [1.165, 1.54) is 0 Å². The summed E-state index contributed by atoms with van der Waals surface area (Å²) in [5, 5.41) is 8.73. The lowest BCUT2D eigenvalue weighted by Gasteiger charge is -2.33. The number of ketones is 1. The van der Waals surface area contributed by atoms with E-state index in [0.29, 0.717) is 13.1 Å². The van der Waals surface area contributed by atoms with E-state index >= 15 is 0 Å². The van der Waals surface area contributed by atoms with Gasteiger partial charge in [0.1, 0.15) is 12.4 Å². The molecule has 0 radical (unpaired) electrons. The molecule has 0 aromatic carbocycles. The maximum absolute atomic E-state index is 12.0. The fourth-order valence-corrected chi connectivity index (χ4v) is 2.10. The number of rotatable bonds is 2. The summed E-state index contributed by atoms with van der Waals surface area (Å²) in [6.07, 6.45) is 1.45. The monoisotopic (exact) mass is 227 g/mol. The highest BCUT2D eigenvalue weighted by molar-refractivity contribution is 5.86. The third kappa shape index (κ3) is 3.04. The molecule has 1 N–H and O–H groups in total. The largest absolute Gasteiger partial charge is 0.387 e. The van der Waals surface area contributed by atoms with Crippen LogP contribution in [-0.2, 0) is 9.59 Å². The number of aliphatic hydroxyl groups excluding tert-OH is 1. The number of hydrogen-bond donors (Lipinski definition) is 1. The van der Waals surface area contributed by atoms with Crippen molar-refractivity contribution in [2.75, 3.05) is 19.7 Å². The lowest BCUT2D eigenvalue weighted by atomic mass is 9.79. The smallest absolute Gasteiger partial charge is 0.248 e. The van der Waals surface area contributed by atoms with Crippen LogP contribution in [0.1, 0.15) is 33.6 Å². The van der Waals surface area contributed by atoms with E-state index in [1.54, 1.807) is 4.90 Å². The highest BCUT2D eigenvalue weighted by Gasteiger charge is 2.32. The first-order valence-corrected chi connectivity index (χ1v) is 5.79. The van der Waals surface area contributed by atoms with Crippen LogP contribution in [0.15, 0.2) is 0 Å². The van der Waals surface area contributed by atoms with Gasteiger partial charge in [-0.15, -0.1) is 0 Å². The van der Waals surface area contributed by atoms with Crippen LogP contribution in [0.2, 0.25) is 0 Å². The quantitative estimate of drug-likeness (QED) is 0.760. The lowest BCUT2D eigenvalue weighted by molar-refractivity contribution is -0.139. The van der Waals surface area contributed by atoms with Gasteiger partial charge in [0.15, 0.2) is 0 Å². The Hall–Kier alpha value is -0.900. The molecule has 92 valence electrons. The maximum Gasteiger partial charge on any atom is 0.248 e. The number of Topliss-reactive ketones (excluding diaryl/α,β-unsaturated/α-hetero) is 1. The van der Waals surface area contributed by atoms with E-state index in [4.69, 9.17) is 5.11 Å². The number of nitrogens with zero attached hydrogens (tertiary/aromatic N) is 1. The molecule has 4 nitrogen and oxygen atoms in total. The Morgan fingerprint density at radius 3 is 2.12 bits per heavy atom. The van der Waals surface area contributed by atoms with Gasteiger partial charge in [0.05, 0.1) is 0 Å². The molecule has 0 bridgehead atoms. The van der Waals surface area contributed by atoms with Gasteiger partial charge in [0.2, 0.25) is 5.91 Å². The molecule has 1 rings (SSSR count). The zero-order valence-electron chi connectivity index (χ0n) is 10.3. The molecule has 1 aliphatic rings. The maximum atomic E-state index is 12.0. The molecule has 0 aliphatic carbocycles. The summed E-state index contributed by atoms with van der Waals surface area (Å²) >= 11 is 0. The summed E-state index contributed by atoms with van der Waals surface area (Å²) in [6, 6.07) is 0. The molecular weight excluding hydrogens is 206 g/mol. The SMILES string of the molecule is CC(C)(C)C(=O)C1CCN(C(=O)CO)CC1. The number of carbonyl (C=O) groups is 2. The van der Waals surface area contributed by atoms with Gasteiger partial charge in [-0.25, -0.2) is 0 Å². The molecule has 0 unspecified atom stereocenters. The lowest BCUT2D eigenvalue weighted by Crippen LogP contribution is -2.43. The molecule has 1 heterocycles. The van der Waals surface area contributed by atoms with Crippen molar-refractivity contribution in [2.24, 2.45) is 11.3 Å². The molecule has 1 fully saturated rings. The Morgan fingerprint density at radius 1 is 1.25 bits per heavy atom. The minimum Gasteiger partial charge on any atom is -0.387 e. The molecule has 0 aromatic heterocycles. The normalized spacial score (nSPS) is 18.6. The topological polar surface area (TPSA) is 57.6 Å². The second-order valence-corrected chi connectivity index (χ2v) is 5.43. The van der Waals surface area contributed by atoms with Crippen molar-refractivity contribution in [1.82, 2.24) is 4.90 Å². The first kappa shape index (κ1) is 13.2. The van der Waals surface area contributed by atoms with Crippen LogP contribution in [0.5, 0.6) is 0 Å². The second-order valence-electron chi connectivity index (χ2n) is 5.43. The Balaban J connectivity index is 2.49. The summed E-state index contributed by atoms with van der Waals surface area (Å²) in [7, 11) is 0. The number of piperidine rings is 1. The molecule has 0 atom stereocenters. The Kier molecular flexibility index (Phi) is 4.08. The van der Waals surface area contributed by atoms with Crippen LogP contribution < -0.4 is 0 Å². The number of aliphatic hydroxyl groups is 1. The van der Waals surface area contributed by atoms with Gasteiger partial charge in [-0.1, -0.05) is 20.8 Å². The van der Waals surface area contributed by atoms with E-state index in [1.807, 2.05) is 20.8 Å². The van der Waals surface area contributed by atoms with Gasteiger partial charge >= 0.3 is 0 Å². The number of likely N-dealkylation sites (tertiary alicyclic amines) is 1. The van der Waals surface area contributed by atoms with Crippen molar-refractivity contribution in [3.63, 3.8) is 0 Å². The molecule has 1 amide bonds. The average molecular weight is 227 g/mol. The van der Waals surface area contributed by atoms with E-state index in [-0.39, 0.29) is 23.0 Å². The molecule has 4 heteroatoms. The van der Waals surface area contributed by atoms with E-state index in [9.17, 15) is 9.59 Å². The molecule has 1 aliphatic heterocycles. The van der Waals surface area contributed by atoms with Gasteiger partial charge in [0, 0.05) is 24.4 Å². The van der Waals surface area contributed by atoms with Gasteiger partial charge < -0.3 is 10.0 Å². The van der Waals surface area contributed by atoms with Crippen LogP contribution in [0.4, 0.5) is 0 Å². The highest BCUT2D eigenvalue weighted by Crippen LogP contribution is 2.27. The molecular formula is C12H21NO3. The summed E-state index contributed by atoms with van der Waals surface area (Å²) in [4.78, 5) is 24.9. The van der Waals surface area contributed by atoms with Crippen LogP contribution in [0, 0.1) is 11.3 Å². The van der Waals surface area contributed by atoms with Crippen molar-refractivity contribution in [3.8, 4) is 0 Å². The summed E-state index contributed by atoms with van der Waals surface area (Å²) in [5.41, 5.74) is -0.298. The van der Waals surface area contributed by atoms with Gasteiger partial charge in [-0.2, -0.15) is 0 Å². The van der Waals surface area contributed by atoms with Gasteiger partial charge in [0.25, 0.3) is 0 Å². The van der Waals surface area contributed by atoms with Crippen LogP contribution in [-0.4, -0.2) is 41.4 Å². The Labute approximate surface area is 96.6 Å². The first-order valence-electron chi connectivity index (χ1n) is 5.79. The standard InChI is InChI=1S/C12H21NO3/c1-12(2,3)11(16)9-4-6-13(7-5-9)10(15)8-14/h9,14H,4-8H2,1-3H3. The van der Waals surface area contributed by atoms with Gasteiger partial charge in [-0.05, 0) is 12.8 Å². The molecule has 1 saturated heterocycles. The van der Waals surface area contributed by atoms with E-state index in [2.05, 4.69) is 0 Å². The van der Waals surface area contributed by atoms with E-state index in [0.717, 1.165) is 12.8 Å². The Bertz CT molecular complexity index is 272. The fraction of sp³-hybridized carbons (Fsp3) is 0.833. The van der Waals surface area contributed by atoms with Crippen molar-refractivity contribution >= 4 is 11.7 Å². The molecule has 0 spiro atoms. The third-order valence-corrected chi connectivity index (χ3v) is 3.09. The highest BCUT2D eigenvalue weighted by atomic mass is 16.3. The fourth-order valence-electron chi connectivity index (χ4n) is 2.10. The zero-order chi connectivity index (χ0) is 12.3. The van der Waals surface area contributed by atoms with Crippen molar-refractivity contribution in [3.05, 3.63) is 0 Å². The number of hydrogen-bond acceptors (Lipinski definition) is 3. The summed E-state index contributed by atoms with van der Waals surface area (Å²) < 4.78 is 0. The zero-order valence-corrected chi connectivity index (χ0v) is 10.3. The average Bonchev–Trinajstić information content (AvgIpc) is 2.26. The third-order valence-electron chi connectivity index (χ3n) is 3.09. The molecule has 16 heavy (non-hydrogen) atoms. The molecule has 0 aromatic rings. The minimum atomic E-state index is -0.433. The van der Waals surface area contributed by atoms with Crippen LogP contribution in [0.25, 0.3) is 0 Å². The van der Waals surface area contributed by atoms with Crippen LogP contribution >= 0.6 is 0 Å².